The maximum absolute atomic E-state index is 13.1. The largest absolute Gasteiger partial charge is 0.481 e. The number of hydrogen-bond donors (Lipinski definition) is 2. The quantitative estimate of drug-likeness (QED) is 0.148. The molecular weight excluding hydrogens is 724 g/mol. The number of rotatable bonds is 11. The van der Waals surface area contributed by atoms with Crippen molar-refractivity contribution in [3.05, 3.63) is 104 Å². The number of benzene rings is 4. The topological polar surface area (TPSA) is 76.7 Å². The highest BCUT2D eigenvalue weighted by Crippen LogP contribution is 2.45. The average Bonchev–Trinajstić information content (AvgIpc) is 2.96. The maximum atomic E-state index is 13.1. The Morgan fingerprint density at radius 2 is 1.00 bits per heavy atom. The van der Waals surface area contributed by atoms with Crippen molar-refractivity contribution in [3.63, 3.8) is 0 Å². The van der Waals surface area contributed by atoms with Gasteiger partial charge in [-0.1, -0.05) is 88.8 Å². The molecule has 0 heterocycles. The van der Waals surface area contributed by atoms with E-state index in [4.69, 9.17) is 9.47 Å². The van der Waals surface area contributed by atoms with E-state index >= 15 is 0 Å². The third-order valence-corrected chi connectivity index (χ3v) is 10.1. The van der Waals surface area contributed by atoms with Gasteiger partial charge in [0.05, 0.1) is 11.4 Å². The Labute approximate surface area is 283 Å². The first-order chi connectivity index (χ1) is 20.9. The van der Waals surface area contributed by atoms with E-state index in [1.807, 2.05) is 100 Å². The Morgan fingerprint density at radius 1 is 0.614 bits per heavy atom. The van der Waals surface area contributed by atoms with E-state index in [9.17, 15) is 9.59 Å². The Hall–Kier alpha value is -2.92. The van der Waals surface area contributed by atoms with E-state index in [0.717, 1.165) is 41.0 Å². The first kappa shape index (κ1) is 34.0. The minimum Gasteiger partial charge on any atom is -0.481 e. The second-order valence-electron chi connectivity index (χ2n) is 10.5. The van der Waals surface area contributed by atoms with Crippen LogP contribution in [0.1, 0.15) is 36.1 Å². The van der Waals surface area contributed by atoms with E-state index in [1.54, 1.807) is 13.8 Å². The summed E-state index contributed by atoms with van der Waals surface area (Å²) in [5.41, 5.74) is 5.52. The maximum Gasteiger partial charge on any atom is 0.265 e. The molecule has 0 aromatic heterocycles. The van der Waals surface area contributed by atoms with Crippen molar-refractivity contribution in [1.29, 1.82) is 0 Å². The van der Waals surface area contributed by atoms with Crippen molar-refractivity contribution in [2.45, 2.75) is 63.5 Å². The number of anilines is 2. The van der Waals surface area contributed by atoms with Gasteiger partial charge in [-0.15, -0.1) is 0 Å². The molecule has 4 aromatic rings. The minimum atomic E-state index is -0.706. The van der Waals surface area contributed by atoms with Crippen LogP contribution in [0.2, 0.25) is 0 Å². The van der Waals surface area contributed by atoms with Gasteiger partial charge in [-0.3, -0.25) is 9.59 Å². The lowest BCUT2D eigenvalue weighted by atomic mass is 10.1. The third-order valence-electron chi connectivity index (χ3n) is 6.63. The lowest BCUT2D eigenvalue weighted by Crippen LogP contribution is -2.30. The Balaban J connectivity index is 1.44. The van der Waals surface area contributed by atoms with Gasteiger partial charge in [0.15, 0.2) is 12.2 Å². The van der Waals surface area contributed by atoms with Gasteiger partial charge in [0.25, 0.3) is 11.8 Å². The summed E-state index contributed by atoms with van der Waals surface area (Å²) in [5.74, 6) is 0.834. The molecule has 4 aromatic carbocycles. The minimum absolute atomic E-state index is 0.260. The highest BCUT2D eigenvalue weighted by molar-refractivity contribution is 9.10. The highest BCUT2D eigenvalue weighted by Gasteiger charge is 2.20. The molecule has 0 aliphatic heterocycles. The number of aryl methyl sites for hydroxylation is 4. The van der Waals surface area contributed by atoms with Crippen molar-refractivity contribution < 1.29 is 19.1 Å². The number of carbonyl (C=O) groups is 2. The summed E-state index contributed by atoms with van der Waals surface area (Å²) in [6.45, 7) is 11.4. The van der Waals surface area contributed by atoms with Gasteiger partial charge in [0.2, 0.25) is 0 Å². The van der Waals surface area contributed by atoms with Crippen molar-refractivity contribution in [3.8, 4) is 11.5 Å². The summed E-state index contributed by atoms with van der Waals surface area (Å²) in [7, 11) is 2.95. The highest BCUT2D eigenvalue weighted by atomic mass is 79.9. The molecule has 0 saturated carbocycles. The summed E-state index contributed by atoms with van der Waals surface area (Å²) >= 11 is 7.04. The summed E-state index contributed by atoms with van der Waals surface area (Å²) in [6.07, 6.45) is -1.41. The zero-order valence-corrected chi connectivity index (χ0v) is 30.1. The van der Waals surface area contributed by atoms with E-state index < -0.39 is 12.2 Å². The average molecular weight is 759 g/mol. The van der Waals surface area contributed by atoms with Gasteiger partial charge in [0.1, 0.15) is 11.5 Å². The first-order valence-electron chi connectivity index (χ1n) is 13.9. The molecule has 0 aliphatic rings. The fraction of sp³-hybridized carbons (Fsp3) is 0.235. The molecule has 0 bridgehead atoms. The van der Waals surface area contributed by atoms with Crippen LogP contribution in [0.5, 0.6) is 11.5 Å². The van der Waals surface area contributed by atoms with E-state index in [2.05, 4.69) is 42.5 Å². The first-order valence-corrected chi connectivity index (χ1v) is 17.7. The number of ether oxygens (including phenoxy) is 2. The zero-order valence-electron chi connectivity index (χ0n) is 25.3. The molecule has 0 radical (unpaired) electrons. The second-order valence-corrected chi connectivity index (χ2v) is 14.5. The molecule has 2 unspecified atom stereocenters. The standard InChI is InChI=1S/C34H34Br2N2O4S2/c1-19-7-11-29(21(3)15-19)41-23(5)33(39)37-27-17-25(35)9-13-31(27)43-44-32-14-10-26(36)18-28(32)38-34(40)24(6)42-30-12-8-20(2)16-22(30)4/h7-18,23-24H,1-6H3,(H,37,39)(H,38,40). The fourth-order valence-electron chi connectivity index (χ4n) is 4.25. The smallest absolute Gasteiger partial charge is 0.265 e. The van der Waals surface area contributed by atoms with Crippen LogP contribution in [0, 0.1) is 27.7 Å². The van der Waals surface area contributed by atoms with Crippen LogP contribution in [-0.4, -0.2) is 24.0 Å². The van der Waals surface area contributed by atoms with Crippen LogP contribution in [0.3, 0.4) is 0 Å². The van der Waals surface area contributed by atoms with E-state index in [1.165, 1.54) is 21.6 Å². The van der Waals surface area contributed by atoms with Crippen LogP contribution in [0.4, 0.5) is 11.4 Å². The van der Waals surface area contributed by atoms with Gasteiger partial charge in [0, 0.05) is 18.7 Å². The van der Waals surface area contributed by atoms with Crippen molar-refractivity contribution in [2.24, 2.45) is 0 Å². The monoisotopic (exact) mass is 756 g/mol. The number of halogens is 2. The van der Waals surface area contributed by atoms with Crippen LogP contribution in [0.25, 0.3) is 0 Å². The van der Waals surface area contributed by atoms with Gasteiger partial charge in [-0.05, 0) is 101 Å². The molecule has 2 amide bonds. The zero-order chi connectivity index (χ0) is 32.0. The summed E-state index contributed by atoms with van der Waals surface area (Å²) in [4.78, 5) is 28.0. The molecule has 0 aliphatic carbocycles. The molecule has 10 heteroatoms. The number of amides is 2. The molecule has 2 N–H and O–H groups in total. The van der Waals surface area contributed by atoms with Gasteiger partial charge < -0.3 is 20.1 Å². The fourth-order valence-corrected chi connectivity index (χ4v) is 7.21. The molecule has 6 nitrogen and oxygen atoms in total. The van der Waals surface area contributed by atoms with Crippen LogP contribution in [-0.2, 0) is 9.59 Å². The summed E-state index contributed by atoms with van der Waals surface area (Å²) < 4.78 is 13.6. The second kappa shape index (κ2) is 15.4. The number of nitrogens with one attached hydrogen (secondary N) is 2. The number of carbonyl (C=O) groups excluding carboxylic acids is 2. The third kappa shape index (κ3) is 9.30. The Morgan fingerprint density at radius 3 is 1.36 bits per heavy atom. The lowest BCUT2D eigenvalue weighted by molar-refractivity contribution is -0.122. The number of hydrogen-bond acceptors (Lipinski definition) is 6. The van der Waals surface area contributed by atoms with E-state index in [0.29, 0.717) is 22.9 Å². The molecule has 230 valence electrons. The van der Waals surface area contributed by atoms with Crippen LogP contribution in [0.15, 0.2) is 91.5 Å². The normalized spacial score (nSPS) is 12.3. The molecule has 44 heavy (non-hydrogen) atoms. The molecule has 0 saturated heterocycles. The van der Waals surface area contributed by atoms with Crippen molar-refractivity contribution in [1.82, 2.24) is 0 Å². The molecule has 0 fully saturated rings. The summed E-state index contributed by atoms with van der Waals surface area (Å²) in [6, 6.07) is 23.2. The Bertz CT molecular complexity index is 1560. The molecular formula is C34H34Br2N2O4S2. The van der Waals surface area contributed by atoms with Gasteiger partial charge >= 0.3 is 0 Å². The summed E-state index contributed by atoms with van der Waals surface area (Å²) in [5, 5.41) is 6.04. The predicted molar refractivity (Wildman–Crippen MR) is 189 cm³/mol. The van der Waals surface area contributed by atoms with Crippen molar-refractivity contribution in [2.75, 3.05) is 10.6 Å². The molecule has 2 atom stereocenters. The predicted octanol–water partition coefficient (Wildman–Crippen LogP) is 10.1. The Kier molecular flexibility index (Phi) is 11.9. The van der Waals surface area contributed by atoms with Crippen LogP contribution < -0.4 is 20.1 Å². The molecule has 0 spiro atoms. The van der Waals surface area contributed by atoms with E-state index in [-0.39, 0.29) is 11.8 Å². The SMILES string of the molecule is Cc1ccc(OC(C)C(=O)Nc2cc(Br)ccc2SSc2ccc(Br)cc2NC(=O)C(C)Oc2ccc(C)cc2C)c(C)c1. The van der Waals surface area contributed by atoms with Gasteiger partial charge in [-0.25, -0.2) is 0 Å². The lowest BCUT2D eigenvalue weighted by Gasteiger charge is -2.19. The van der Waals surface area contributed by atoms with Crippen LogP contribution >= 0.6 is 53.4 Å². The van der Waals surface area contributed by atoms with Crippen molar-refractivity contribution >= 4 is 76.6 Å². The molecule has 4 rings (SSSR count). The van der Waals surface area contributed by atoms with Gasteiger partial charge in [-0.2, -0.15) is 0 Å².